The van der Waals surface area contributed by atoms with Gasteiger partial charge in [0.1, 0.15) is 11.5 Å². The number of nitrogens with one attached hydrogen (secondary N) is 2. The second kappa shape index (κ2) is 10.3. The Morgan fingerprint density at radius 3 is 2.58 bits per heavy atom. The number of carboxylic acid groups (broad SMARTS) is 1. The van der Waals surface area contributed by atoms with Gasteiger partial charge in [0.25, 0.3) is 5.91 Å². The first-order valence-electron chi connectivity index (χ1n) is 8.92. The number of thiazole rings is 1. The quantitative estimate of drug-likeness (QED) is 0.618. The summed E-state index contributed by atoms with van der Waals surface area (Å²) in [7, 11) is 0. The maximum atomic E-state index is 12.4. The summed E-state index contributed by atoms with van der Waals surface area (Å²) in [4.78, 5) is 28.1. The molecule has 1 aliphatic heterocycles. The average molecular weight is 448 g/mol. The number of hydrogen-bond donors (Lipinski definition) is 3. The molecule has 2 heterocycles. The highest BCUT2D eigenvalue weighted by atomic mass is 79.9. The first kappa shape index (κ1) is 21.3. The SMILES string of the molecule is Br.O=C(O)COC1CCC(NC(=O)c2cnc(C3CCNCC3)s2)CC1. The molecule has 1 saturated carbocycles. The van der Waals surface area contributed by atoms with Crippen LogP contribution in [-0.2, 0) is 9.53 Å². The Morgan fingerprint density at radius 2 is 1.92 bits per heavy atom. The Bertz CT molecular complexity index is 599. The molecular weight excluding hydrogens is 422 g/mol. The molecule has 0 bridgehead atoms. The van der Waals surface area contributed by atoms with Crippen molar-refractivity contribution in [2.24, 2.45) is 0 Å². The summed E-state index contributed by atoms with van der Waals surface area (Å²) in [5.74, 6) is -0.521. The van der Waals surface area contributed by atoms with E-state index in [1.165, 1.54) is 11.3 Å². The van der Waals surface area contributed by atoms with Crippen molar-refractivity contribution < 1.29 is 19.4 Å². The lowest BCUT2D eigenvalue weighted by Gasteiger charge is -2.28. The molecule has 1 aliphatic carbocycles. The summed E-state index contributed by atoms with van der Waals surface area (Å²) >= 11 is 1.51. The number of amides is 1. The largest absolute Gasteiger partial charge is 0.480 e. The topological polar surface area (TPSA) is 101 Å². The van der Waals surface area contributed by atoms with Gasteiger partial charge < -0.3 is 20.5 Å². The van der Waals surface area contributed by atoms with Gasteiger partial charge in [0, 0.05) is 12.0 Å². The number of ether oxygens (including phenoxy) is 1. The van der Waals surface area contributed by atoms with Crippen LogP contribution in [-0.4, -0.2) is 53.8 Å². The van der Waals surface area contributed by atoms with E-state index in [0.717, 1.165) is 56.6 Å². The highest BCUT2D eigenvalue weighted by Crippen LogP contribution is 2.29. The maximum absolute atomic E-state index is 12.4. The third-order valence-electron chi connectivity index (χ3n) is 4.89. The Labute approximate surface area is 167 Å². The molecule has 146 valence electrons. The number of hydrogen-bond acceptors (Lipinski definition) is 6. The van der Waals surface area contributed by atoms with E-state index in [-0.39, 0.29) is 41.6 Å². The molecule has 7 nitrogen and oxygen atoms in total. The molecule has 0 radical (unpaired) electrons. The van der Waals surface area contributed by atoms with Crippen LogP contribution in [0.25, 0.3) is 0 Å². The van der Waals surface area contributed by atoms with Crippen LogP contribution in [0.3, 0.4) is 0 Å². The number of aromatic nitrogens is 1. The summed E-state index contributed by atoms with van der Waals surface area (Å²) < 4.78 is 5.33. The highest BCUT2D eigenvalue weighted by molar-refractivity contribution is 8.93. The van der Waals surface area contributed by atoms with Crippen LogP contribution >= 0.6 is 28.3 Å². The number of carboxylic acids is 1. The van der Waals surface area contributed by atoms with Crippen LogP contribution in [0.5, 0.6) is 0 Å². The number of halogens is 1. The van der Waals surface area contributed by atoms with Gasteiger partial charge in [0.2, 0.25) is 0 Å². The second-order valence-corrected chi connectivity index (χ2v) is 7.80. The lowest BCUT2D eigenvalue weighted by Crippen LogP contribution is -2.39. The third-order valence-corrected chi connectivity index (χ3v) is 6.05. The molecule has 1 aromatic heterocycles. The van der Waals surface area contributed by atoms with Crippen LogP contribution in [0.15, 0.2) is 6.20 Å². The molecule has 0 unspecified atom stereocenters. The van der Waals surface area contributed by atoms with Crippen molar-refractivity contribution in [1.29, 1.82) is 0 Å². The van der Waals surface area contributed by atoms with Crippen molar-refractivity contribution in [3.63, 3.8) is 0 Å². The summed E-state index contributed by atoms with van der Waals surface area (Å²) in [6.45, 7) is 1.78. The highest BCUT2D eigenvalue weighted by Gasteiger charge is 2.25. The van der Waals surface area contributed by atoms with Gasteiger partial charge in [-0.05, 0) is 51.6 Å². The van der Waals surface area contributed by atoms with E-state index < -0.39 is 5.97 Å². The normalized spacial score (nSPS) is 23.8. The lowest BCUT2D eigenvalue weighted by molar-refractivity contribution is -0.145. The maximum Gasteiger partial charge on any atom is 0.329 e. The van der Waals surface area contributed by atoms with Gasteiger partial charge in [-0.3, -0.25) is 4.79 Å². The molecule has 0 aromatic carbocycles. The van der Waals surface area contributed by atoms with Gasteiger partial charge in [0.05, 0.1) is 17.3 Å². The summed E-state index contributed by atoms with van der Waals surface area (Å²) in [6.07, 6.45) is 7.02. The Balaban J connectivity index is 0.00000243. The molecule has 3 N–H and O–H groups in total. The van der Waals surface area contributed by atoms with Gasteiger partial charge in [-0.2, -0.15) is 0 Å². The first-order valence-corrected chi connectivity index (χ1v) is 9.74. The zero-order chi connectivity index (χ0) is 17.6. The van der Waals surface area contributed by atoms with E-state index in [1.807, 2.05) is 0 Å². The molecule has 0 spiro atoms. The number of carbonyl (C=O) groups excluding carboxylic acids is 1. The van der Waals surface area contributed by atoms with Crippen LogP contribution in [0.4, 0.5) is 0 Å². The predicted octanol–water partition coefficient (Wildman–Crippen LogP) is 2.33. The van der Waals surface area contributed by atoms with E-state index >= 15 is 0 Å². The first-order chi connectivity index (χ1) is 12.1. The molecule has 2 fully saturated rings. The van der Waals surface area contributed by atoms with Crippen molar-refractivity contribution in [2.75, 3.05) is 19.7 Å². The lowest BCUT2D eigenvalue weighted by atomic mass is 9.93. The fraction of sp³-hybridized carbons (Fsp3) is 0.706. The van der Waals surface area contributed by atoms with Crippen molar-refractivity contribution in [3.8, 4) is 0 Å². The van der Waals surface area contributed by atoms with Gasteiger partial charge in [-0.25, -0.2) is 9.78 Å². The number of piperidine rings is 1. The molecule has 3 rings (SSSR count). The number of carbonyl (C=O) groups is 2. The van der Waals surface area contributed by atoms with Gasteiger partial charge >= 0.3 is 5.97 Å². The van der Waals surface area contributed by atoms with Crippen molar-refractivity contribution in [2.45, 2.75) is 56.6 Å². The fourth-order valence-corrected chi connectivity index (χ4v) is 4.46. The van der Waals surface area contributed by atoms with E-state index in [2.05, 4.69) is 15.6 Å². The van der Waals surface area contributed by atoms with E-state index in [1.54, 1.807) is 6.20 Å². The number of aliphatic carboxylic acids is 1. The van der Waals surface area contributed by atoms with Gasteiger partial charge in [0.15, 0.2) is 0 Å². The minimum absolute atomic E-state index is 0. The third kappa shape index (κ3) is 6.00. The Morgan fingerprint density at radius 1 is 1.23 bits per heavy atom. The number of nitrogens with zero attached hydrogens (tertiary/aromatic N) is 1. The molecule has 2 aliphatic rings. The minimum Gasteiger partial charge on any atom is -0.480 e. The fourth-order valence-electron chi connectivity index (χ4n) is 3.47. The predicted molar refractivity (Wildman–Crippen MR) is 104 cm³/mol. The minimum atomic E-state index is -0.940. The van der Waals surface area contributed by atoms with E-state index in [4.69, 9.17) is 9.84 Å². The average Bonchev–Trinajstić information content (AvgIpc) is 3.12. The van der Waals surface area contributed by atoms with Crippen LogP contribution < -0.4 is 10.6 Å². The zero-order valence-electron chi connectivity index (χ0n) is 14.6. The molecule has 1 aromatic rings. The smallest absolute Gasteiger partial charge is 0.329 e. The van der Waals surface area contributed by atoms with Crippen LogP contribution in [0, 0.1) is 0 Å². The molecule has 0 atom stereocenters. The van der Waals surface area contributed by atoms with Crippen LogP contribution in [0.2, 0.25) is 0 Å². The van der Waals surface area contributed by atoms with E-state index in [0.29, 0.717) is 10.8 Å². The monoisotopic (exact) mass is 447 g/mol. The summed E-state index contributed by atoms with van der Waals surface area (Å²) in [5.41, 5.74) is 0. The molecule has 1 saturated heterocycles. The van der Waals surface area contributed by atoms with Crippen molar-refractivity contribution in [1.82, 2.24) is 15.6 Å². The second-order valence-electron chi connectivity index (χ2n) is 6.74. The van der Waals surface area contributed by atoms with Gasteiger partial charge in [-0.15, -0.1) is 28.3 Å². The number of rotatable bonds is 6. The van der Waals surface area contributed by atoms with Crippen molar-refractivity contribution >= 4 is 40.2 Å². The molecule has 26 heavy (non-hydrogen) atoms. The molecule has 1 amide bonds. The standard InChI is InChI=1S/C17H25N3O4S.BrH/c21-15(22)10-24-13-3-1-12(2-4-13)20-16(23)14-9-19-17(25-14)11-5-7-18-8-6-11;/h9,11-13,18H,1-8,10H2,(H,20,23)(H,21,22);1H. The zero-order valence-corrected chi connectivity index (χ0v) is 17.1. The Hall–Kier alpha value is -1.03. The molecule has 9 heteroatoms. The van der Waals surface area contributed by atoms with Crippen LogP contribution in [0.1, 0.15) is 59.1 Å². The Kier molecular flexibility index (Phi) is 8.46. The summed E-state index contributed by atoms with van der Waals surface area (Å²) in [6, 6.07) is 0.126. The van der Waals surface area contributed by atoms with Gasteiger partial charge in [-0.1, -0.05) is 0 Å². The summed E-state index contributed by atoms with van der Waals surface area (Å²) in [5, 5.41) is 16.1. The van der Waals surface area contributed by atoms with Crippen molar-refractivity contribution in [3.05, 3.63) is 16.1 Å². The molecular formula is C17H26BrN3O4S. The van der Waals surface area contributed by atoms with E-state index in [9.17, 15) is 9.59 Å².